The van der Waals surface area contributed by atoms with Crippen LogP contribution >= 0.6 is 0 Å². The minimum atomic E-state index is -0.941. The minimum absolute atomic E-state index is 0.240. The number of hydrogen-bond donors (Lipinski definition) is 1. The van der Waals surface area contributed by atoms with E-state index in [4.69, 9.17) is 9.84 Å². The molecule has 0 bridgehead atoms. The second kappa shape index (κ2) is 7.01. The quantitative estimate of drug-likeness (QED) is 0.876. The first-order valence-electron chi connectivity index (χ1n) is 6.08. The largest absolute Gasteiger partial charge is 0.497 e. The van der Waals surface area contributed by atoms with E-state index in [1.807, 2.05) is 0 Å². The summed E-state index contributed by atoms with van der Waals surface area (Å²) in [5, 5.41) is 8.55. The third-order valence-corrected chi connectivity index (χ3v) is 2.94. The topological polar surface area (TPSA) is 49.8 Å². The maximum atomic E-state index is 10.4. The fraction of sp³-hybridized carbons (Fsp3) is 0.500. The highest BCUT2D eigenvalue weighted by molar-refractivity contribution is 5.87. The number of carboxylic acid groups (broad SMARTS) is 1. The summed E-state index contributed by atoms with van der Waals surface area (Å²) in [5.74, 6) is 0.568. The first-order valence-corrected chi connectivity index (χ1v) is 6.08. The summed E-state index contributed by atoms with van der Waals surface area (Å²) >= 11 is 0. The molecule has 1 atom stereocenters. The molecule has 0 aliphatic carbocycles. The molecule has 1 unspecified atom stereocenters. The maximum Gasteiger partial charge on any atom is 0.335 e. The smallest absolute Gasteiger partial charge is 0.335 e. The maximum absolute atomic E-state index is 10.4. The van der Waals surface area contributed by atoms with Gasteiger partial charge in [-0.25, -0.2) is 4.79 Å². The number of methoxy groups -OCH3 is 1. The molecular formula is C14H21NO3. The molecule has 2 rings (SSSR count). The molecule has 1 N–H and O–H groups in total. The van der Waals surface area contributed by atoms with Gasteiger partial charge in [-0.3, -0.25) is 0 Å². The van der Waals surface area contributed by atoms with Gasteiger partial charge >= 0.3 is 5.97 Å². The zero-order chi connectivity index (χ0) is 13.5. The summed E-state index contributed by atoms with van der Waals surface area (Å²) in [6.07, 6.45) is 1.40. The molecule has 0 radical (unpaired) electrons. The molecule has 4 nitrogen and oxygen atoms in total. The van der Waals surface area contributed by atoms with Crippen molar-refractivity contribution in [3.63, 3.8) is 0 Å². The molecule has 0 spiro atoms. The standard InChI is InChI=1S/C8H8O3.C6H13N/c1-11-7-4-2-3-6(5-7)8(9)10;1-6-3-4-7(2)5-6/h2-5H,1H3,(H,9,10);6H,3-5H2,1-2H3. The van der Waals surface area contributed by atoms with Gasteiger partial charge in [-0.2, -0.15) is 0 Å². The Hall–Kier alpha value is -1.55. The lowest BCUT2D eigenvalue weighted by atomic mass is 10.2. The van der Waals surface area contributed by atoms with Crippen LogP contribution in [0.2, 0.25) is 0 Å². The number of likely N-dealkylation sites (tertiary alicyclic amines) is 1. The highest BCUT2D eigenvalue weighted by Crippen LogP contribution is 2.12. The van der Waals surface area contributed by atoms with E-state index < -0.39 is 5.97 Å². The van der Waals surface area contributed by atoms with Gasteiger partial charge in [0.15, 0.2) is 0 Å². The zero-order valence-corrected chi connectivity index (χ0v) is 11.2. The van der Waals surface area contributed by atoms with Gasteiger partial charge in [0.1, 0.15) is 5.75 Å². The van der Waals surface area contributed by atoms with Crippen molar-refractivity contribution in [2.75, 3.05) is 27.2 Å². The molecule has 1 aliphatic heterocycles. The molecule has 0 saturated carbocycles. The predicted molar refractivity (Wildman–Crippen MR) is 71.2 cm³/mol. The van der Waals surface area contributed by atoms with Crippen LogP contribution in [0.1, 0.15) is 23.7 Å². The lowest BCUT2D eigenvalue weighted by Crippen LogP contribution is -2.12. The molecule has 1 fully saturated rings. The van der Waals surface area contributed by atoms with E-state index in [0.29, 0.717) is 5.75 Å². The highest BCUT2D eigenvalue weighted by atomic mass is 16.5. The number of aromatic carboxylic acids is 1. The van der Waals surface area contributed by atoms with Crippen LogP contribution in [0.15, 0.2) is 24.3 Å². The van der Waals surface area contributed by atoms with E-state index >= 15 is 0 Å². The molecule has 0 amide bonds. The first kappa shape index (κ1) is 14.5. The third-order valence-electron chi connectivity index (χ3n) is 2.94. The zero-order valence-electron chi connectivity index (χ0n) is 11.2. The summed E-state index contributed by atoms with van der Waals surface area (Å²) < 4.78 is 4.84. The van der Waals surface area contributed by atoms with Gasteiger partial charge in [0.05, 0.1) is 12.7 Å². The lowest BCUT2D eigenvalue weighted by Gasteiger charge is -2.03. The molecule has 1 saturated heterocycles. The molecule has 18 heavy (non-hydrogen) atoms. The third kappa shape index (κ3) is 4.75. The van der Waals surface area contributed by atoms with Gasteiger partial charge in [-0.1, -0.05) is 13.0 Å². The molecule has 1 aromatic carbocycles. The van der Waals surface area contributed by atoms with E-state index in [-0.39, 0.29) is 5.56 Å². The highest BCUT2D eigenvalue weighted by Gasteiger charge is 2.13. The van der Waals surface area contributed by atoms with Crippen molar-refractivity contribution in [2.45, 2.75) is 13.3 Å². The Morgan fingerprint density at radius 3 is 2.61 bits per heavy atom. The Balaban J connectivity index is 0.000000199. The predicted octanol–water partition coefficient (Wildman–Crippen LogP) is 2.35. The number of benzene rings is 1. The summed E-state index contributed by atoms with van der Waals surface area (Å²) in [6, 6.07) is 6.34. The van der Waals surface area contributed by atoms with Crippen molar-refractivity contribution in [1.82, 2.24) is 4.90 Å². The van der Waals surface area contributed by atoms with Gasteiger partial charge in [0.2, 0.25) is 0 Å². The van der Waals surface area contributed by atoms with Crippen LogP contribution in [-0.4, -0.2) is 43.2 Å². The van der Waals surface area contributed by atoms with Gasteiger partial charge in [0.25, 0.3) is 0 Å². The van der Waals surface area contributed by atoms with Gasteiger partial charge in [-0.05, 0) is 44.1 Å². The minimum Gasteiger partial charge on any atom is -0.497 e. The molecule has 1 heterocycles. The van der Waals surface area contributed by atoms with Crippen LogP contribution in [0.25, 0.3) is 0 Å². The molecule has 100 valence electrons. The van der Waals surface area contributed by atoms with Gasteiger partial charge in [0, 0.05) is 6.54 Å². The Morgan fingerprint density at radius 2 is 2.22 bits per heavy atom. The van der Waals surface area contributed by atoms with Gasteiger partial charge < -0.3 is 14.7 Å². The van der Waals surface area contributed by atoms with Gasteiger partial charge in [-0.15, -0.1) is 0 Å². The van der Waals surface area contributed by atoms with Crippen molar-refractivity contribution in [1.29, 1.82) is 0 Å². The average molecular weight is 251 g/mol. The molecular weight excluding hydrogens is 230 g/mol. The van der Waals surface area contributed by atoms with Crippen molar-refractivity contribution in [3.05, 3.63) is 29.8 Å². The van der Waals surface area contributed by atoms with E-state index in [2.05, 4.69) is 18.9 Å². The van der Waals surface area contributed by atoms with Crippen molar-refractivity contribution in [2.24, 2.45) is 5.92 Å². The van der Waals surface area contributed by atoms with Crippen LogP contribution in [0.5, 0.6) is 5.75 Å². The molecule has 0 aromatic heterocycles. The van der Waals surface area contributed by atoms with E-state index in [1.165, 1.54) is 38.8 Å². The monoisotopic (exact) mass is 251 g/mol. The number of rotatable bonds is 2. The van der Waals surface area contributed by atoms with Crippen LogP contribution in [0.3, 0.4) is 0 Å². The fourth-order valence-electron chi connectivity index (χ4n) is 1.91. The Bertz CT molecular complexity index is 384. The second-order valence-corrected chi connectivity index (χ2v) is 4.69. The van der Waals surface area contributed by atoms with Crippen molar-refractivity contribution >= 4 is 5.97 Å². The van der Waals surface area contributed by atoms with E-state index in [9.17, 15) is 4.79 Å². The molecule has 1 aliphatic rings. The molecule has 4 heteroatoms. The Kier molecular flexibility index (Phi) is 5.65. The number of ether oxygens (including phenoxy) is 1. The number of hydrogen-bond acceptors (Lipinski definition) is 3. The number of carbonyl (C=O) groups is 1. The number of nitrogens with zero attached hydrogens (tertiary/aromatic N) is 1. The SMILES string of the molecule is CC1CCN(C)C1.COc1cccc(C(=O)O)c1. The van der Waals surface area contributed by atoms with Crippen molar-refractivity contribution in [3.8, 4) is 5.75 Å². The Labute approximate surface area is 108 Å². The second-order valence-electron chi connectivity index (χ2n) is 4.69. The normalized spacial score (nSPS) is 18.9. The Morgan fingerprint density at radius 1 is 1.50 bits per heavy atom. The van der Waals surface area contributed by atoms with Crippen LogP contribution < -0.4 is 4.74 Å². The van der Waals surface area contributed by atoms with E-state index in [1.54, 1.807) is 12.1 Å². The summed E-state index contributed by atoms with van der Waals surface area (Å²) in [5.41, 5.74) is 0.240. The summed E-state index contributed by atoms with van der Waals surface area (Å²) in [4.78, 5) is 12.8. The summed E-state index contributed by atoms with van der Waals surface area (Å²) in [6.45, 7) is 4.92. The van der Waals surface area contributed by atoms with Crippen LogP contribution in [0, 0.1) is 5.92 Å². The summed E-state index contributed by atoms with van der Waals surface area (Å²) in [7, 11) is 3.68. The lowest BCUT2D eigenvalue weighted by molar-refractivity contribution is 0.0696. The number of carboxylic acids is 1. The van der Waals surface area contributed by atoms with Crippen LogP contribution in [-0.2, 0) is 0 Å². The van der Waals surface area contributed by atoms with Crippen LogP contribution in [0.4, 0.5) is 0 Å². The fourth-order valence-corrected chi connectivity index (χ4v) is 1.91. The van der Waals surface area contributed by atoms with Crippen molar-refractivity contribution < 1.29 is 14.6 Å². The average Bonchev–Trinajstić information content (AvgIpc) is 2.74. The molecule has 1 aromatic rings. The first-order chi connectivity index (χ1) is 8.52. The van der Waals surface area contributed by atoms with E-state index in [0.717, 1.165) is 5.92 Å².